The number of furan rings is 1. The molecule has 6 nitrogen and oxygen atoms in total. The van der Waals surface area contributed by atoms with E-state index in [1.54, 1.807) is 0 Å². The predicted octanol–water partition coefficient (Wildman–Crippen LogP) is 14.6. The van der Waals surface area contributed by atoms with Gasteiger partial charge in [-0.25, -0.2) is 15.0 Å². The van der Waals surface area contributed by atoms with E-state index in [-0.39, 0.29) is 0 Å². The lowest BCUT2D eigenvalue weighted by molar-refractivity contribution is 0.669. The molecule has 0 saturated heterocycles. The molecule has 0 saturated carbocycles. The maximum atomic E-state index is 6.74. The summed E-state index contributed by atoms with van der Waals surface area (Å²) in [4.78, 5) is 15.4. The Labute approximate surface area is 361 Å². The maximum absolute atomic E-state index is 6.74. The molecular weight excluding hydrogens is 771 g/mol. The van der Waals surface area contributed by atoms with Crippen molar-refractivity contribution < 1.29 is 4.42 Å². The smallest absolute Gasteiger partial charge is 0.166 e. The molecule has 0 amide bonds. The Morgan fingerprint density at radius 3 is 1.65 bits per heavy atom. The highest BCUT2D eigenvalue weighted by molar-refractivity contribution is 6.29. The summed E-state index contributed by atoms with van der Waals surface area (Å²) in [7, 11) is 0. The van der Waals surface area contributed by atoms with Crippen molar-refractivity contribution in [3.8, 4) is 56.7 Å². The number of para-hydroxylation sites is 3. The fourth-order valence-corrected chi connectivity index (χ4v) is 9.56. The highest BCUT2D eigenvalue weighted by Gasteiger charge is 2.24. The molecule has 0 aliphatic heterocycles. The molecule has 0 spiro atoms. The molecule has 13 rings (SSSR count). The van der Waals surface area contributed by atoms with Crippen molar-refractivity contribution in [2.24, 2.45) is 0 Å². The lowest BCUT2D eigenvalue weighted by Gasteiger charge is -2.12. The van der Waals surface area contributed by atoms with Crippen molar-refractivity contribution in [1.29, 1.82) is 0 Å². The second kappa shape index (κ2) is 14.0. The van der Waals surface area contributed by atoms with E-state index in [9.17, 15) is 0 Å². The largest absolute Gasteiger partial charge is 0.456 e. The van der Waals surface area contributed by atoms with Crippen LogP contribution in [0.3, 0.4) is 0 Å². The summed E-state index contributed by atoms with van der Waals surface area (Å²) < 4.78 is 11.5. The molecule has 9 aromatic carbocycles. The van der Waals surface area contributed by atoms with Crippen LogP contribution in [0, 0.1) is 0 Å². The quantitative estimate of drug-likeness (QED) is 0.168. The number of benzene rings is 9. The average Bonchev–Trinajstić information content (AvgIpc) is 4.02. The van der Waals surface area contributed by atoms with Crippen LogP contribution in [0.5, 0.6) is 0 Å². The third kappa shape index (κ3) is 5.55. The van der Waals surface area contributed by atoms with Gasteiger partial charge in [0.1, 0.15) is 11.2 Å². The van der Waals surface area contributed by atoms with Gasteiger partial charge in [0.15, 0.2) is 17.5 Å². The average molecular weight is 806 g/mol. The summed E-state index contributed by atoms with van der Waals surface area (Å²) in [6.07, 6.45) is 0. The van der Waals surface area contributed by atoms with Gasteiger partial charge in [0, 0.05) is 60.4 Å². The second-order valence-corrected chi connectivity index (χ2v) is 16.0. The number of rotatable bonds is 6. The van der Waals surface area contributed by atoms with Gasteiger partial charge in [-0.15, -0.1) is 0 Å². The SMILES string of the molecule is c1ccc(-c2ccc3c4ccccc4n(-c4ccc5oc6ccc7c(c8cccc(-c9nc(-c%10ccccc%10)nc(-c%10ccccc%10)n9)c8n7-c7ccccc7)c6c5c4)c3c2)cc1. The summed E-state index contributed by atoms with van der Waals surface area (Å²) >= 11 is 0. The summed E-state index contributed by atoms with van der Waals surface area (Å²) in [5.74, 6) is 1.84. The first-order valence-corrected chi connectivity index (χ1v) is 21.2. The van der Waals surface area contributed by atoms with Crippen LogP contribution in [0.25, 0.3) is 122 Å². The third-order valence-electron chi connectivity index (χ3n) is 12.4. The minimum Gasteiger partial charge on any atom is -0.456 e. The maximum Gasteiger partial charge on any atom is 0.166 e. The van der Waals surface area contributed by atoms with Crippen LogP contribution in [0.2, 0.25) is 0 Å². The normalized spacial score (nSPS) is 11.8. The fraction of sp³-hybridized carbons (Fsp3) is 0. The standard InChI is InChI=1S/C57H35N5O/c1-5-16-36(17-6-1)39-28-30-43-42-24-13-14-27-47(42)61(49(43)34-39)41-29-32-50-46(35-41)53-51(63-50)33-31-48-52(53)44-25-15-26-45(54(44)62(48)40-22-11-4-12-23-40)57-59-55(37-18-7-2-8-19-37)58-56(60-57)38-20-9-3-10-21-38/h1-35H. The molecule has 0 bridgehead atoms. The molecule has 6 heteroatoms. The molecule has 0 aliphatic carbocycles. The molecule has 0 fully saturated rings. The number of hydrogen-bond donors (Lipinski definition) is 0. The van der Waals surface area contributed by atoms with Crippen molar-refractivity contribution in [1.82, 2.24) is 24.1 Å². The zero-order chi connectivity index (χ0) is 41.4. The number of aromatic nitrogens is 5. The van der Waals surface area contributed by atoms with E-state index >= 15 is 0 Å². The van der Waals surface area contributed by atoms with Gasteiger partial charge in [-0.2, -0.15) is 0 Å². The zero-order valence-corrected chi connectivity index (χ0v) is 33.9. The van der Waals surface area contributed by atoms with E-state index in [0.717, 1.165) is 82.8 Å². The van der Waals surface area contributed by atoms with E-state index in [0.29, 0.717) is 17.5 Å². The van der Waals surface area contributed by atoms with Gasteiger partial charge in [-0.1, -0.05) is 152 Å². The van der Waals surface area contributed by atoms with Gasteiger partial charge < -0.3 is 13.6 Å². The topological polar surface area (TPSA) is 61.7 Å². The van der Waals surface area contributed by atoms with Crippen LogP contribution >= 0.6 is 0 Å². The van der Waals surface area contributed by atoms with Gasteiger partial charge in [-0.3, -0.25) is 0 Å². The minimum absolute atomic E-state index is 0.602. The molecule has 0 radical (unpaired) electrons. The Bertz CT molecular complexity index is 3830. The molecule has 63 heavy (non-hydrogen) atoms. The molecule has 4 aromatic heterocycles. The van der Waals surface area contributed by atoms with Gasteiger partial charge in [0.25, 0.3) is 0 Å². The predicted molar refractivity (Wildman–Crippen MR) is 258 cm³/mol. The van der Waals surface area contributed by atoms with Crippen LogP contribution in [-0.4, -0.2) is 24.1 Å². The monoisotopic (exact) mass is 805 g/mol. The molecule has 0 unspecified atom stereocenters. The lowest BCUT2D eigenvalue weighted by atomic mass is 10.0. The summed E-state index contributed by atoms with van der Waals surface area (Å²) in [6.45, 7) is 0. The molecule has 294 valence electrons. The van der Waals surface area contributed by atoms with E-state index in [1.807, 2.05) is 60.7 Å². The van der Waals surface area contributed by atoms with Crippen LogP contribution in [0.1, 0.15) is 0 Å². The third-order valence-corrected chi connectivity index (χ3v) is 12.4. The number of hydrogen-bond acceptors (Lipinski definition) is 4. The first-order chi connectivity index (χ1) is 31.2. The molecule has 0 atom stereocenters. The van der Waals surface area contributed by atoms with Crippen molar-refractivity contribution in [3.63, 3.8) is 0 Å². The van der Waals surface area contributed by atoms with Crippen LogP contribution < -0.4 is 0 Å². The van der Waals surface area contributed by atoms with Crippen LogP contribution in [-0.2, 0) is 0 Å². The van der Waals surface area contributed by atoms with Gasteiger partial charge >= 0.3 is 0 Å². The Kier molecular flexibility index (Phi) is 7.80. The first-order valence-electron chi connectivity index (χ1n) is 21.2. The number of nitrogens with zero attached hydrogens (tertiary/aromatic N) is 5. The fourth-order valence-electron chi connectivity index (χ4n) is 9.56. The molecular formula is C57H35N5O. The molecule has 13 aromatic rings. The van der Waals surface area contributed by atoms with Crippen LogP contribution in [0.4, 0.5) is 0 Å². The highest BCUT2D eigenvalue weighted by atomic mass is 16.3. The van der Waals surface area contributed by atoms with Crippen LogP contribution in [0.15, 0.2) is 217 Å². The summed E-state index contributed by atoms with van der Waals surface area (Å²) in [6, 6.07) is 74.4. The lowest BCUT2D eigenvalue weighted by Crippen LogP contribution is -2.02. The van der Waals surface area contributed by atoms with Gasteiger partial charge in [-0.05, 0) is 71.8 Å². The van der Waals surface area contributed by atoms with E-state index in [1.165, 1.54) is 21.9 Å². The van der Waals surface area contributed by atoms with E-state index in [2.05, 4.69) is 161 Å². The van der Waals surface area contributed by atoms with Crippen molar-refractivity contribution >= 4 is 65.6 Å². The van der Waals surface area contributed by atoms with Crippen molar-refractivity contribution in [2.75, 3.05) is 0 Å². The minimum atomic E-state index is 0.602. The Morgan fingerprint density at radius 2 is 0.921 bits per heavy atom. The Morgan fingerprint density at radius 1 is 0.317 bits per heavy atom. The molecule has 0 N–H and O–H groups in total. The van der Waals surface area contributed by atoms with Gasteiger partial charge in [0.2, 0.25) is 0 Å². The van der Waals surface area contributed by atoms with Crippen molar-refractivity contribution in [2.45, 2.75) is 0 Å². The Hall–Kier alpha value is -8.61. The van der Waals surface area contributed by atoms with E-state index < -0.39 is 0 Å². The van der Waals surface area contributed by atoms with E-state index in [4.69, 9.17) is 19.4 Å². The second-order valence-electron chi connectivity index (χ2n) is 16.0. The highest BCUT2D eigenvalue weighted by Crippen LogP contribution is 2.45. The molecule has 0 aliphatic rings. The first kappa shape index (κ1) is 35.2. The summed E-state index contributed by atoms with van der Waals surface area (Å²) in [5, 5.41) is 6.74. The number of fused-ring (bicyclic) bond motifs is 10. The zero-order valence-electron chi connectivity index (χ0n) is 33.9. The molecule has 4 heterocycles. The summed E-state index contributed by atoms with van der Waals surface area (Å²) in [5.41, 5.74) is 13.3. The van der Waals surface area contributed by atoms with Gasteiger partial charge in [0.05, 0.1) is 22.1 Å². The Balaban J connectivity index is 1.10. The van der Waals surface area contributed by atoms with Crippen molar-refractivity contribution in [3.05, 3.63) is 212 Å².